The Morgan fingerprint density at radius 1 is 1.11 bits per heavy atom. The lowest BCUT2D eigenvalue weighted by atomic mass is 9.95. The maximum absolute atomic E-state index is 13.7. The van der Waals surface area contributed by atoms with E-state index >= 15 is 0 Å². The van der Waals surface area contributed by atoms with E-state index < -0.39 is 35.3 Å². The second kappa shape index (κ2) is 9.30. The molecule has 0 spiro atoms. The first-order valence-electron chi connectivity index (χ1n) is 10.4. The molecule has 1 saturated heterocycles. The molecule has 1 amide bonds. The number of amides is 1. The van der Waals surface area contributed by atoms with Crippen molar-refractivity contribution in [2.75, 3.05) is 19.1 Å². The standard InChI is InChI=1S/C25H21FN2O6S/c1-12-11-15(7-10-17(12)33-3)20(29)18-19(14-5-8-16(26)9-6-14)28(23(31)21(18)30)25-27-13(2)22(35-25)24(32)34-4/h5-11,19,29H,1-4H3/b20-18+/t19-/m0/s1. The third-order valence-electron chi connectivity index (χ3n) is 5.66. The highest BCUT2D eigenvalue weighted by molar-refractivity contribution is 7.17. The Kier molecular flexibility index (Phi) is 6.40. The number of aliphatic hydroxyl groups is 1. The average molecular weight is 497 g/mol. The molecule has 0 unspecified atom stereocenters. The van der Waals surface area contributed by atoms with Gasteiger partial charge in [-0.15, -0.1) is 0 Å². The van der Waals surface area contributed by atoms with Crippen molar-refractivity contribution in [1.82, 2.24) is 4.98 Å². The Balaban J connectivity index is 1.93. The molecule has 1 atom stereocenters. The van der Waals surface area contributed by atoms with E-state index in [0.717, 1.165) is 16.2 Å². The molecule has 1 aromatic heterocycles. The molecule has 1 N–H and O–H groups in total. The molecule has 0 saturated carbocycles. The molecule has 2 heterocycles. The average Bonchev–Trinajstić information content (AvgIpc) is 3.35. The monoisotopic (exact) mass is 496 g/mol. The van der Waals surface area contributed by atoms with Crippen LogP contribution in [0, 0.1) is 19.7 Å². The topological polar surface area (TPSA) is 106 Å². The van der Waals surface area contributed by atoms with Crippen LogP contribution in [0.5, 0.6) is 5.75 Å². The van der Waals surface area contributed by atoms with Crippen molar-refractivity contribution in [3.63, 3.8) is 0 Å². The minimum atomic E-state index is -1.10. The van der Waals surface area contributed by atoms with Crippen molar-refractivity contribution in [1.29, 1.82) is 0 Å². The van der Waals surface area contributed by atoms with E-state index in [9.17, 15) is 23.9 Å². The number of esters is 1. The Morgan fingerprint density at radius 3 is 2.40 bits per heavy atom. The number of benzene rings is 2. The summed E-state index contributed by atoms with van der Waals surface area (Å²) in [5.74, 6) is -2.81. The van der Waals surface area contributed by atoms with Crippen molar-refractivity contribution in [3.8, 4) is 5.75 Å². The second-order valence-electron chi connectivity index (χ2n) is 7.81. The van der Waals surface area contributed by atoms with Crippen molar-refractivity contribution < 1.29 is 33.4 Å². The number of rotatable bonds is 5. The lowest BCUT2D eigenvalue weighted by Gasteiger charge is -2.23. The van der Waals surface area contributed by atoms with Crippen molar-refractivity contribution >= 4 is 39.9 Å². The third-order valence-corrected chi connectivity index (χ3v) is 6.80. The largest absolute Gasteiger partial charge is 0.507 e. The van der Waals surface area contributed by atoms with Gasteiger partial charge in [-0.3, -0.25) is 14.5 Å². The molecule has 10 heteroatoms. The molecule has 3 aromatic rings. The summed E-state index contributed by atoms with van der Waals surface area (Å²) in [7, 11) is 2.74. The zero-order chi connectivity index (χ0) is 25.4. The van der Waals surface area contributed by atoms with Gasteiger partial charge in [-0.1, -0.05) is 23.5 Å². The molecule has 0 aliphatic carbocycles. The van der Waals surface area contributed by atoms with Crippen molar-refractivity contribution in [2.45, 2.75) is 19.9 Å². The summed E-state index contributed by atoms with van der Waals surface area (Å²) in [5, 5.41) is 11.3. The Morgan fingerprint density at radius 2 is 1.80 bits per heavy atom. The zero-order valence-electron chi connectivity index (χ0n) is 19.3. The van der Waals surface area contributed by atoms with Gasteiger partial charge in [0.15, 0.2) is 5.13 Å². The fourth-order valence-corrected chi connectivity index (χ4v) is 4.95. The molecule has 1 aliphatic heterocycles. The van der Waals surface area contributed by atoms with E-state index in [1.54, 1.807) is 32.0 Å². The smallest absolute Gasteiger partial charge is 0.350 e. The summed E-state index contributed by atoms with van der Waals surface area (Å²) in [6, 6.07) is 8.97. The number of carbonyl (C=O) groups is 3. The fraction of sp³-hybridized carbons (Fsp3) is 0.200. The van der Waals surface area contributed by atoms with Gasteiger partial charge in [0.05, 0.1) is 31.5 Å². The quantitative estimate of drug-likeness (QED) is 0.243. The lowest BCUT2D eigenvalue weighted by Crippen LogP contribution is -2.29. The zero-order valence-corrected chi connectivity index (χ0v) is 20.1. The van der Waals surface area contributed by atoms with Crippen molar-refractivity contribution in [3.05, 3.63) is 81.1 Å². The number of carbonyl (C=O) groups excluding carboxylic acids is 3. The van der Waals surface area contributed by atoms with Gasteiger partial charge < -0.3 is 14.6 Å². The SMILES string of the molecule is COC(=O)c1sc(N2C(=O)C(=O)/C(=C(/O)c3ccc(OC)c(C)c3)[C@@H]2c2ccc(F)cc2)nc1C. The van der Waals surface area contributed by atoms with Gasteiger partial charge in [-0.05, 0) is 55.3 Å². The highest BCUT2D eigenvalue weighted by Crippen LogP contribution is 2.44. The van der Waals surface area contributed by atoms with E-state index in [1.165, 1.54) is 38.5 Å². The number of ketones is 1. The summed E-state index contributed by atoms with van der Waals surface area (Å²) in [4.78, 5) is 44.2. The van der Waals surface area contributed by atoms with Crippen LogP contribution in [0.3, 0.4) is 0 Å². The molecule has 35 heavy (non-hydrogen) atoms. The van der Waals surface area contributed by atoms with Crippen LogP contribution in [0.25, 0.3) is 5.76 Å². The van der Waals surface area contributed by atoms with Crippen LogP contribution in [0.15, 0.2) is 48.0 Å². The molecular weight excluding hydrogens is 475 g/mol. The normalized spacial score (nSPS) is 17.1. The first kappa shape index (κ1) is 24.1. The van der Waals surface area contributed by atoms with E-state index in [1.807, 2.05) is 0 Å². The molecule has 0 radical (unpaired) electrons. The van der Waals surface area contributed by atoms with Gasteiger partial charge in [0.1, 0.15) is 22.2 Å². The number of hydrogen-bond donors (Lipinski definition) is 1. The molecule has 4 rings (SSSR count). The number of anilines is 1. The van der Waals surface area contributed by atoms with Crippen LogP contribution in [-0.2, 0) is 14.3 Å². The first-order valence-corrected chi connectivity index (χ1v) is 11.3. The summed E-state index contributed by atoms with van der Waals surface area (Å²) in [6.07, 6.45) is 0. The third kappa shape index (κ3) is 4.17. The van der Waals surface area contributed by atoms with Crippen LogP contribution in [0.1, 0.15) is 38.1 Å². The van der Waals surface area contributed by atoms with E-state index in [4.69, 9.17) is 9.47 Å². The Labute approximate surface area is 204 Å². The number of aromatic nitrogens is 1. The second-order valence-corrected chi connectivity index (χ2v) is 8.79. The van der Waals surface area contributed by atoms with Gasteiger partial charge in [-0.2, -0.15) is 0 Å². The number of nitrogens with zero attached hydrogens (tertiary/aromatic N) is 2. The van der Waals surface area contributed by atoms with Crippen LogP contribution < -0.4 is 9.64 Å². The lowest BCUT2D eigenvalue weighted by molar-refractivity contribution is -0.132. The number of ether oxygens (including phenoxy) is 2. The van der Waals surface area contributed by atoms with Gasteiger partial charge in [0.2, 0.25) is 0 Å². The van der Waals surface area contributed by atoms with Crippen molar-refractivity contribution in [2.24, 2.45) is 0 Å². The molecule has 180 valence electrons. The maximum atomic E-state index is 13.7. The number of hydrogen-bond acceptors (Lipinski definition) is 8. The van der Waals surface area contributed by atoms with E-state index in [0.29, 0.717) is 28.1 Å². The molecule has 2 aromatic carbocycles. The molecular formula is C25H21FN2O6S. The summed E-state index contributed by atoms with van der Waals surface area (Å²) >= 11 is 0.886. The fourth-order valence-electron chi connectivity index (χ4n) is 3.94. The number of thiazole rings is 1. The summed E-state index contributed by atoms with van der Waals surface area (Å²) in [6.45, 7) is 3.36. The van der Waals surface area contributed by atoms with Gasteiger partial charge in [0, 0.05) is 5.56 Å². The highest BCUT2D eigenvalue weighted by Gasteiger charge is 2.48. The van der Waals surface area contributed by atoms with Gasteiger partial charge in [0.25, 0.3) is 5.78 Å². The van der Waals surface area contributed by atoms with Crippen LogP contribution in [0.2, 0.25) is 0 Å². The predicted molar refractivity (Wildman–Crippen MR) is 127 cm³/mol. The Hall–Kier alpha value is -4.05. The van der Waals surface area contributed by atoms with Crippen LogP contribution in [-0.4, -0.2) is 42.0 Å². The number of methoxy groups -OCH3 is 2. The van der Waals surface area contributed by atoms with Crippen LogP contribution >= 0.6 is 11.3 Å². The van der Waals surface area contributed by atoms with Gasteiger partial charge >= 0.3 is 11.9 Å². The van der Waals surface area contributed by atoms with E-state index in [-0.39, 0.29) is 15.6 Å². The highest BCUT2D eigenvalue weighted by atomic mass is 32.1. The summed E-state index contributed by atoms with van der Waals surface area (Å²) < 4.78 is 23.7. The molecule has 1 aliphatic rings. The number of aliphatic hydroxyl groups excluding tert-OH is 1. The predicted octanol–water partition coefficient (Wildman–Crippen LogP) is 4.32. The van der Waals surface area contributed by atoms with Gasteiger partial charge in [-0.25, -0.2) is 14.2 Å². The first-order chi connectivity index (χ1) is 16.7. The Bertz CT molecular complexity index is 1380. The number of halogens is 1. The number of aryl methyl sites for hydroxylation is 2. The molecule has 0 bridgehead atoms. The minimum Gasteiger partial charge on any atom is -0.507 e. The molecule has 1 fully saturated rings. The number of Topliss-reactive ketones (excluding diaryl/α,β-unsaturated/α-hetero) is 1. The minimum absolute atomic E-state index is 0.0734. The summed E-state index contributed by atoms with van der Waals surface area (Å²) in [5.41, 5.74) is 1.53. The maximum Gasteiger partial charge on any atom is 0.350 e. The van der Waals surface area contributed by atoms with E-state index in [2.05, 4.69) is 4.98 Å². The van der Waals surface area contributed by atoms with Crippen LogP contribution in [0.4, 0.5) is 9.52 Å². The molecule has 8 nitrogen and oxygen atoms in total.